The third-order valence-corrected chi connectivity index (χ3v) is 3.13. The average molecular weight is 267 g/mol. The molecule has 1 heterocycles. The molecule has 0 fully saturated rings. The highest BCUT2D eigenvalue weighted by Gasteiger charge is 2.05. The molecule has 0 bridgehead atoms. The number of aromatic nitrogens is 1. The van der Waals surface area contributed by atoms with Crippen molar-refractivity contribution in [1.82, 2.24) is 4.98 Å². The minimum atomic E-state index is -0.289. The predicted molar refractivity (Wildman–Crippen MR) is 52.3 cm³/mol. The molecule has 0 atom stereocenters. The van der Waals surface area contributed by atoms with Crippen molar-refractivity contribution in [2.45, 2.75) is 0 Å². The van der Waals surface area contributed by atoms with E-state index in [1.165, 1.54) is 17.4 Å². The molecule has 0 unspecified atom stereocenters. The van der Waals surface area contributed by atoms with Crippen molar-refractivity contribution in [3.63, 3.8) is 0 Å². The van der Waals surface area contributed by atoms with Gasteiger partial charge in [0.15, 0.2) is 4.47 Å². The normalized spacial score (nSPS) is 10.9. The van der Waals surface area contributed by atoms with E-state index in [1.54, 1.807) is 6.07 Å². The monoisotopic (exact) mass is 265 g/mol. The number of hydrogen-bond acceptors (Lipinski definition) is 2. The highest BCUT2D eigenvalue weighted by Crippen LogP contribution is 2.29. The molecule has 2 rings (SSSR count). The summed E-state index contributed by atoms with van der Waals surface area (Å²) in [5.41, 5.74) is 0.721. The van der Waals surface area contributed by atoms with E-state index in [0.717, 1.165) is 10.2 Å². The summed E-state index contributed by atoms with van der Waals surface area (Å²) >= 11 is 10.00. The lowest BCUT2D eigenvalue weighted by Gasteiger charge is -1.91. The van der Waals surface area contributed by atoms with Gasteiger partial charge in [0.25, 0.3) is 0 Å². The maximum Gasteiger partial charge on any atom is 0.184 e. The number of benzene rings is 1. The highest BCUT2D eigenvalue weighted by molar-refractivity contribution is 9.10. The van der Waals surface area contributed by atoms with Crippen molar-refractivity contribution in [2.75, 3.05) is 0 Å². The van der Waals surface area contributed by atoms with Crippen LogP contribution in [-0.2, 0) is 0 Å². The summed E-state index contributed by atoms with van der Waals surface area (Å²) in [5, 5.41) is 0. The zero-order valence-corrected chi connectivity index (χ0v) is 8.80. The molecule has 0 aliphatic heterocycles. The predicted octanol–water partition coefficient (Wildman–Crippen LogP) is 3.85. The molecule has 2 aromatic rings. The Bertz CT molecular complexity index is 403. The Morgan fingerprint density at radius 1 is 1.50 bits per heavy atom. The maximum absolute atomic E-state index is 12.9. The van der Waals surface area contributed by atoms with Crippen LogP contribution >= 0.6 is 38.9 Å². The van der Waals surface area contributed by atoms with Crippen LogP contribution in [0.1, 0.15) is 0 Å². The van der Waals surface area contributed by atoms with Gasteiger partial charge in [-0.05, 0) is 28.1 Å². The summed E-state index contributed by atoms with van der Waals surface area (Å²) < 4.78 is 14.6. The van der Waals surface area contributed by atoms with Crippen LogP contribution in [0.3, 0.4) is 0 Å². The van der Waals surface area contributed by atoms with Gasteiger partial charge in [-0.3, -0.25) is 0 Å². The Morgan fingerprint density at radius 3 is 3.00 bits per heavy atom. The molecule has 1 aromatic heterocycles. The zero-order chi connectivity index (χ0) is 8.72. The quantitative estimate of drug-likeness (QED) is 0.706. The van der Waals surface area contributed by atoms with Gasteiger partial charge in [-0.2, -0.15) is 0 Å². The Hall–Kier alpha value is -0.190. The fraction of sp³-hybridized carbons (Fsp3) is 0. The van der Waals surface area contributed by atoms with E-state index in [-0.39, 0.29) is 5.82 Å². The van der Waals surface area contributed by atoms with Crippen molar-refractivity contribution in [2.24, 2.45) is 0 Å². The largest absolute Gasteiger partial charge is 0.225 e. The Labute approximate surface area is 85.3 Å². The molecule has 5 heteroatoms. The van der Waals surface area contributed by atoms with Gasteiger partial charge in [-0.15, -0.1) is 11.3 Å². The zero-order valence-electron chi connectivity index (χ0n) is 5.64. The van der Waals surface area contributed by atoms with Gasteiger partial charge in [-0.1, -0.05) is 11.6 Å². The van der Waals surface area contributed by atoms with Crippen LogP contribution in [0.25, 0.3) is 10.2 Å². The first kappa shape index (κ1) is 8.41. The van der Waals surface area contributed by atoms with Gasteiger partial charge < -0.3 is 0 Å². The van der Waals surface area contributed by atoms with Crippen LogP contribution in [-0.4, -0.2) is 4.98 Å². The number of fused-ring (bicyclic) bond motifs is 1. The molecule has 1 nitrogen and oxygen atoms in total. The molecule has 0 spiro atoms. The lowest BCUT2D eigenvalue weighted by Crippen LogP contribution is -1.75. The van der Waals surface area contributed by atoms with E-state index >= 15 is 0 Å². The second-order valence-electron chi connectivity index (χ2n) is 2.20. The van der Waals surface area contributed by atoms with Crippen molar-refractivity contribution in [1.29, 1.82) is 0 Å². The molecular formula is C7H2BrClFNS. The third-order valence-electron chi connectivity index (χ3n) is 1.40. The summed E-state index contributed by atoms with van der Waals surface area (Å²) in [4.78, 5) is 4.00. The number of thiazole rings is 1. The topological polar surface area (TPSA) is 12.9 Å². The van der Waals surface area contributed by atoms with Gasteiger partial charge >= 0.3 is 0 Å². The Balaban J connectivity index is 2.83. The molecule has 0 saturated carbocycles. The fourth-order valence-electron chi connectivity index (χ4n) is 0.895. The van der Waals surface area contributed by atoms with Crippen LogP contribution in [0, 0.1) is 5.82 Å². The maximum atomic E-state index is 12.9. The Kier molecular flexibility index (Phi) is 2.06. The van der Waals surface area contributed by atoms with Crippen LogP contribution in [0.5, 0.6) is 0 Å². The van der Waals surface area contributed by atoms with E-state index in [9.17, 15) is 4.39 Å². The first-order valence-electron chi connectivity index (χ1n) is 3.08. The van der Waals surface area contributed by atoms with Gasteiger partial charge in [-0.25, -0.2) is 9.37 Å². The SMILES string of the molecule is Fc1cc2sc(Cl)nc2cc1Br. The van der Waals surface area contributed by atoms with E-state index in [2.05, 4.69) is 20.9 Å². The number of rotatable bonds is 0. The minimum Gasteiger partial charge on any atom is -0.225 e. The number of hydrogen-bond donors (Lipinski definition) is 0. The molecule has 62 valence electrons. The van der Waals surface area contributed by atoms with Crippen molar-refractivity contribution < 1.29 is 4.39 Å². The first-order chi connectivity index (χ1) is 5.66. The summed E-state index contributed by atoms with van der Waals surface area (Å²) in [5.74, 6) is -0.289. The fourth-order valence-corrected chi connectivity index (χ4v) is 2.26. The average Bonchev–Trinajstić information content (AvgIpc) is 2.30. The molecule has 0 aliphatic rings. The molecule has 0 N–H and O–H groups in total. The molecule has 0 radical (unpaired) electrons. The van der Waals surface area contributed by atoms with Crippen LogP contribution in [0.2, 0.25) is 4.47 Å². The number of halogens is 3. The smallest absolute Gasteiger partial charge is 0.184 e. The van der Waals surface area contributed by atoms with Crippen LogP contribution in [0.15, 0.2) is 16.6 Å². The second kappa shape index (κ2) is 2.94. The summed E-state index contributed by atoms with van der Waals surface area (Å²) in [6.07, 6.45) is 0. The van der Waals surface area contributed by atoms with Crippen molar-refractivity contribution in [3.05, 3.63) is 26.9 Å². The van der Waals surface area contributed by atoms with Crippen molar-refractivity contribution >= 4 is 49.1 Å². The molecular weight excluding hydrogens is 265 g/mol. The lowest BCUT2D eigenvalue weighted by molar-refractivity contribution is 0.623. The molecule has 0 amide bonds. The van der Waals surface area contributed by atoms with Crippen LogP contribution < -0.4 is 0 Å². The van der Waals surface area contributed by atoms with Gasteiger partial charge in [0, 0.05) is 0 Å². The van der Waals surface area contributed by atoms with Crippen molar-refractivity contribution in [3.8, 4) is 0 Å². The van der Waals surface area contributed by atoms with E-state index in [4.69, 9.17) is 11.6 Å². The second-order valence-corrected chi connectivity index (χ2v) is 4.67. The molecule has 1 aromatic carbocycles. The summed E-state index contributed by atoms with van der Waals surface area (Å²) in [6, 6.07) is 3.04. The summed E-state index contributed by atoms with van der Waals surface area (Å²) in [6.45, 7) is 0. The van der Waals surface area contributed by atoms with Gasteiger partial charge in [0.05, 0.1) is 14.7 Å². The van der Waals surface area contributed by atoms with Crippen LogP contribution in [0.4, 0.5) is 4.39 Å². The Morgan fingerprint density at radius 2 is 2.25 bits per heavy atom. The van der Waals surface area contributed by atoms with Gasteiger partial charge in [0.1, 0.15) is 5.82 Å². The van der Waals surface area contributed by atoms with E-state index in [1.807, 2.05) is 0 Å². The molecule has 0 aliphatic carbocycles. The highest BCUT2D eigenvalue weighted by atomic mass is 79.9. The first-order valence-corrected chi connectivity index (χ1v) is 5.06. The van der Waals surface area contributed by atoms with E-state index < -0.39 is 0 Å². The summed E-state index contributed by atoms with van der Waals surface area (Å²) in [7, 11) is 0. The standard InChI is InChI=1S/C7H2BrClFNS/c8-3-1-5-6(2-4(3)10)12-7(9)11-5/h1-2H. The molecule has 12 heavy (non-hydrogen) atoms. The lowest BCUT2D eigenvalue weighted by atomic mass is 10.3. The third kappa shape index (κ3) is 1.34. The number of nitrogens with zero attached hydrogens (tertiary/aromatic N) is 1. The van der Waals surface area contributed by atoms with Gasteiger partial charge in [0.2, 0.25) is 0 Å². The van der Waals surface area contributed by atoms with E-state index in [0.29, 0.717) is 8.94 Å². The molecule has 0 saturated heterocycles. The minimum absolute atomic E-state index is 0.289.